The van der Waals surface area contributed by atoms with Crippen LogP contribution in [-0.2, 0) is 9.59 Å². The van der Waals surface area contributed by atoms with Crippen molar-refractivity contribution in [2.24, 2.45) is 5.92 Å². The molecule has 140 valence electrons. The van der Waals surface area contributed by atoms with Crippen molar-refractivity contribution in [3.05, 3.63) is 18.5 Å². The number of nitrogens with zero attached hydrogens (tertiary/aromatic N) is 5. The van der Waals surface area contributed by atoms with Gasteiger partial charge >= 0.3 is 0 Å². The molecular formula is C19H27N5O2. The third-order valence-corrected chi connectivity index (χ3v) is 5.99. The first-order chi connectivity index (χ1) is 12.7. The smallest absolute Gasteiger partial charge is 0.227 e. The highest BCUT2D eigenvalue weighted by atomic mass is 16.2. The van der Waals surface area contributed by atoms with Crippen molar-refractivity contribution in [3.8, 4) is 0 Å². The maximum absolute atomic E-state index is 13.0. The summed E-state index contributed by atoms with van der Waals surface area (Å²) >= 11 is 0. The highest BCUT2D eigenvalue weighted by molar-refractivity contribution is 5.84. The second-order valence-electron chi connectivity index (χ2n) is 7.58. The van der Waals surface area contributed by atoms with Crippen molar-refractivity contribution in [1.29, 1.82) is 0 Å². The molecule has 0 N–H and O–H groups in total. The summed E-state index contributed by atoms with van der Waals surface area (Å²) in [7, 11) is 0. The van der Waals surface area contributed by atoms with Crippen molar-refractivity contribution in [2.75, 3.05) is 37.6 Å². The first-order valence-electron chi connectivity index (χ1n) is 9.82. The minimum Gasteiger partial charge on any atom is -0.339 e. The van der Waals surface area contributed by atoms with Gasteiger partial charge in [0, 0.05) is 57.6 Å². The number of anilines is 1. The molecule has 4 rings (SSSR count). The van der Waals surface area contributed by atoms with Crippen LogP contribution in [0.5, 0.6) is 0 Å². The summed E-state index contributed by atoms with van der Waals surface area (Å²) in [6, 6.07) is 2.18. The lowest BCUT2D eigenvalue weighted by atomic mass is 9.94. The van der Waals surface area contributed by atoms with Gasteiger partial charge in [-0.2, -0.15) is 0 Å². The van der Waals surface area contributed by atoms with Gasteiger partial charge in [-0.25, -0.2) is 9.97 Å². The third kappa shape index (κ3) is 3.52. The Kier molecular flexibility index (Phi) is 5.04. The Balaban J connectivity index is 1.34. The minimum absolute atomic E-state index is 0.0344. The fourth-order valence-electron chi connectivity index (χ4n) is 4.48. The number of carbonyl (C=O) groups is 2. The SMILES string of the molecule is O=C(C1CCC(=O)N(C2CCCC2)C1)N1CCN(c2ncccn2)CC1. The van der Waals surface area contributed by atoms with Crippen LogP contribution in [0.25, 0.3) is 0 Å². The van der Waals surface area contributed by atoms with Crippen molar-refractivity contribution < 1.29 is 9.59 Å². The quantitative estimate of drug-likeness (QED) is 0.816. The van der Waals surface area contributed by atoms with E-state index in [0.29, 0.717) is 38.5 Å². The lowest BCUT2D eigenvalue weighted by Gasteiger charge is -2.40. The fourth-order valence-corrected chi connectivity index (χ4v) is 4.48. The topological polar surface area (TPSA) is 69.6 Å². The van der Waals surface area contributed by atoms with Gasteiger partial charge in [0.1, 0.15) is 0 Å². The average molecular weight is 357 g/mol. The van der Waals surface area contributed by atoms with E-state index >= 15 is 0 Å². The van der Waals surface area contributed by atoms with Gasteiger partial charge < -0.3 is 14.7 Å². The zero-order valence-corrected chi connectivity index (χ0v) is 15.2. The third-order valence-electron chi connectivity index (χ3n) is 5.99. The number of aromatic nitrogens is 2. The van der Waals surface area contributed by atoms with Crippen molar-refractivity contribution in [2.45, 2.75) is 44.6 Å². The molecule has 2 amide bonds. The molecule has 1 aromatic rings. The Hall–Kier alpha value is -2.18. The number of likely N-dealkylation sites (tertiary alicyclic amines) is 1. The molecule has 2 aliphatic heterocycles. The van der Waals surface area contributed by atoms with Crippen LogP contribution < -0.4 is 4.90 Å². The second-order valence-corrected chi connectivity index (χ2v) is 7.58. The molecule has 3 heterocycles. The molecule has 2 saturated heterocycles. The van der Waals surface area contributed by atoms with E-state index in [2.05, 4.69) is 14.9 Å². The standard InChI is InChI=1S/C19H27N5O2/c25-17-7-6-15(14-24(17)16-4-1-2-5-16)18(26)22-10-12-23(13-11-22)19-20-8-3-9-21-19/h3,8-9,15-16H,1-2,4-7,10-14H2. The number of amides is 2. The molecule has 1 unspecified atom stereocenters. The number of piperidine rings is 1. The maximum Gasteiger partial charge on any atom is 0.227 e. The van der Waals surface area contributed by atoms with Gasteiger partial charge in [0.2, 0.25) is 17.8 Å². The molecule has 1 atom stereocenters. The molecule has 0 radical (unpaired) electrons. The Morgan fingerprint density at radius 3 is 2.38 bits per heavy atom. The average Bonchev–Trinajstić information content (AvgIpc) is 3.23. The number of carbonyl (C=O) groups excluding carboxylic acids is 2. The molecule has 3 aliphatic rings. The van der Waals surface area contributed by atoms with Crippen LogP contribution in [0, 0.1) is 5.92 Å². The van der Waals surface area contributed by atoms with Gasteiger partial charge in [-0.3, -0.25) is 9.59 Å². The second kappa shape index (κ2) is 7.60. The summed E-state index contributed by atoms with van der Waals surface area (Å²) < 4.78 is 0. The Labute approximate surface area is 154 Å². The number of piperazine rings is 1. The molecule has 0 bridgehead atoms. The van der Waals surface area contributed by atoms with Crippen LogP contribution in [0.2, 0.25) is 0 Å². The van der Waals surface area contributed by atoms with Gasteiger partial charge in [0.25, 0.3) is 0 Å². The molecule has 0 spiro atoms. The van der Waals surface area contributed by atoms with Crippen LogP contribution in [0.1, 0.15) is 38.5 Å². The van der Waals surface area contributed by atoms with Gasteiger partial charge in [0.05, 0.1) is 5.92 Å². The van der Waals surface area contributed by atoms with E-state index in [0.717, 1.165) is 31.9 Å². The molecule has 1 saturated carbocycles. The first kappa shape index (κ1) is 17.2. The van der Waals surface area contributed by atoms with Crippen molar-refractivity contribution in [3.63, 3.8) is 0 Å². The highest BCUT2D eigenvalue weighted by Crippen LogP contribution is 2.29. The van der Waals surface area contributed by atoms with E-state index in [1.165, 1.54) is 12.8 Å². The summed E-state index contributed by atoms with van der Waals surface area (Å²) in [6.07, 6.45) is 9.32. The Bertz CT molecular complexity index is 639. The zero-order valence-electron chi connectivity index (χ0n) is 15.2. The summed E-state index contributed by atoms with van der Waals surface area (Å²) in [6.45, 7) is 3.53. The Morgan fingerprint density at radius 2 is 1.69 bits per heavy atom. The minimum atomic E-state index is -0.0344. The predicted octanol–water partition coefficient (Wildman–Crippen LogP) is 1.31. The lowest BCUT2D eigenvalue weighted by molar-refractivity contribution is -0.145. The number of hydrogen-bond acceptors (Lipinski definition) is 5. The molecule has 1 aliphatic carbocycles. The van der Waals surface area contributed by atoms with Crippen molar-refractivity contribution >= 4 is 17.8 Å². The van der Waals surface area contributed by atoms with Gasteiger partial charge in [-0.15, -0.1) is 0 Å². The predicted molar refractivity (Wildman–Crippen MR) is 97.5 cm³/mol. The molecule has 1 aromatic heterocycles. The maximum atomic E-state index is 13.0. The van der Waals surface area contributed by atoms with Gasteiger partial charge in [-0.05, 0) is 25.3 Å². The molecule has 7 nitrogen and oxygen atoms in total. The summed E-state index contributed by atoms with van der Waals surface area (Å²) in [5, 5.41) is 0. The van der Waals surface area contributed by atoms with E-state index in [9.17, 15) is 9.59 Å². The van der Waals surface area contributed by atoms with Crippen molar-refractivity contribution in [1.82, 2.24) is 19.8 Å². The molecule has 0 aromatic carbocycles. The molecular weight excluding hydrogens is 330 g/mol. The molecule has 7 heteroatoms. The van der Waals surface area contributed by atoms with E-state index in [-0.39, 0.29) is 17.7 Å². The highest BCUT2D eigenvalue weighted by Gasteiger charge is 2.37. The fraction of sp³-hybridized carbons (Fsp3) is 0.684. The number of hydrogen-bond donors (Lipinski definition) is 0. The van der Waals surface area contributed by atoms with Gasteiger partial charge in [-0.1, -0.05) is 12.8 Å². The molecule has 26 heavy (non-hydrogen) atoms. The van der Waals surface area contributed by atoms with Gasteiger partial charge in [0.15, 0.2) is 0 Å². The van der Waals surface area contributed by atoms with E-state index in [1.807, 2.05) is 15.9 Å². The summed E-state index contributed by atoms with van der Waals surface area (Å²) in [5.41, 5.74) is 0. The first-order valence-corrected chi connectivity index (χ1v) is 9.82. The van der Waals surface area contributed by atoms with E-state index in [4.69, 9.17) is 0 Å². The normalized spacial score (nSPS) is 25.0. The number of rotatable bonds is 3. The summed E-state index contributed by atoms with van der Waals surface area (Å²) in [4.78, 5) is 40.0. The largest absolute Gasteiger partial charge is 0.339 e. The zero-order chi connectivity index (χ0) is 17.9. The Morgan fingerprint density at radius 1 is 1.00 bits per heavy atom. The summed E-state index contributed by atoms with van der Waals surface area (Å²) in [5.74, 6) is 1.16. The van der Waals surface area contributed by atoms with Crippen LogP contribution in [-0.4, -0.2) is 70.3 Å². The van der Waals surface area contributed by atoms with Crippen LogP contribution in [0.15, 0.2) is 18.5 Å². The van der Waals surface area contributed by atoms with Crippen LogP contribution in [0.3, 0.4) is 0 Å². The van der Waals surface area contributed by atoms with Crippen LogP contribution >= 0.6 is 0 Å². The van der Waals surface area contributed by atoms with E-state index in [1.54, 1.807) is 12.4 Å². The lowest BCUT2D eigenvalue weighted by Crippen LogP contribution is -2.54. The monoisotopic (exact) mass is 357 g/mol. The molecule has 3 fully saturated rings. The van der Waals surface area contributed by atoms with E-state index < -0.39 is 0 Å². The van der Waals surface area contributed by atoms with Crippen LogP contribution in [0.4, 0.5) is 5.95 Å².